The van der Waals surface area contributed by atoms with Crippen LogP contribution in [0, 0.1) is 0 Å². The van der Waals surface area contributed by atoms with Gasteiger partial charge in [0.2, 0.25) is 10.0 Å². The lowest BCUT2D eigenvalue weighted by Crippen LogP contribution is -2.49. The Morgan fingerprint density at radius 3 is 2.60 bits per heavy atom. The first-order valence-electron chi connectivity index (χ1n) is 10.5. The molecule has 1 aliphatic carbocycles. The van der Waals surface area contributed by atoms with Crippen molar-refractivity contribution in [3.63, 3.8) is 0 Å². The molecule has 4 rings (SSSR count). The van der Waals surface area contributed by atoms with Gasteiger partial charge in [0, 0.05) is 35.4 Å². The largest absolute Gasteiger partial charge is 0.347 e. The Bertz CT molecular complexity index is 1030. The molecule has 9 heteroatoms. The molecule has 1 atom stereocenters. The number of rotatable bonds is 4. The summed E-state index contributed by atoms with van der Waals surface area (Å²) in [5.74, 6) is -0.221. The number of amides is 1. The van der Waals surface area contributed by atoms with E-state index in [1.165, 1.54) is 10.6 Å². The average molecular weight is 451 g/mol. The van der Waals surface area contributed by atoms with E-state index in [4.69, 9.17) is 16.7 Å². The molecule has 0 radical (unpaired) electrons. The molecule has 1 amide bonds. The van der Waals surface area contributed by atoms with Crippen LogP contribution in [0.1, 0.15) is 53.8 Å². The van der Waals surface area contributed by atoms with E-state index in [9.17, 15) is 13.2 Å². The van der Waals surface area contributed by atoms with E-state index in [1.54, 1.807) is 0 Å². The topological polar surface area (TPSA) is 84.3 Å². The summed E-state index contributed by atoms with van der Waals surface area (Å²) < 4.78 is 27.1. The van der Waals surface area contributed by atoms with Crippen molar-refractivity contribution in [3.8, 4) is 5.69 Å². The first-order chi connectivity index (χ1) is 14.3. The van der Waals surface area contributed by atoms with Gasteiger partial charge in [-0.1, -0.05) is 18.0 Å². The third kappa shape index (κ3) is 4.55. The Morgan fingerprint density at radius 2 is 1.87 bits per heavy atom. The van der Waals surface area contributed by atoms with Gasteiger partial charge >= 0.3 is 0 Å². The molecule has 1 unspecified atom stereocenters. The molecular formula is C21H27ClN4O3S. The lowest BCUT2D eigenvalue weighted by molar-refractivity contribution is 0.0915. The van der Waals surface area contributed by atoms with Crippen molar-refractivity contribution in [2.24, 2.45) is 0 Å². The zero-order chi connectivity index (χ0) is 21.3. The summed E-state index contributed by atoms with van der Waals surface area (Å²) in [5, 5.41) is 8.39. The molecule has 1 fully saturated rings. The smallest absolute Gasteiger partial charge is 0.272 e. The molecule has 1 aromatic heterocycles. The molecule has 0 spiro atoms. The van der Waals surface area contributed by atoms with Crippen LogP contribution in [0.25, 0.3) is 5.69 Å². The van der Waals surface area contributed by atoms with Gasteiger partial charge in [-0.2, -0.15) is 5.10 Å². The minimum atomic E-state index is -3.26. The SMILES string of the molecule is CS(=O)(=O)N1CCCC(NC(=O)c2nn(-c3ccc(Cl)cc3)c3c2CCCCC3)C1. The number of nitrogens with zero attached hydrogens (tertiary/aromatic N) is 3. The van der Waals surface area contributed by atoms with Crippen LogP contribution >= 0.6 is 11.6 Å². The molecular weight excluding hydrogens is 424 g/mol. The molecule has 2 aliphatic rings. The number of piperidine rings is 1. The van der Waals surface area contributed by atoms with Gasteiger partial charge in [0.1, 0.15) is 0 Å². The van der Waals surface area contributed by atoms with Crippen LogP contribution in [-0.4, -0.2) is 53.8 Å². The van der Waals surface area contributed by atoms with E-state index in [0.717, 1.165) is 61.9 Å². The number of sulfonamides is 1. The average Bonchev–Trinajstić information content (AvgIpc) is 2.89. The van der Waals surface area contributed by atoms with Crippen LogP contribution in [0.4, 0.5) is 0 Å². The number of hydrogen-bond acceptors (Lipinski definition) is 4. The van der Waals surface area contributed by atoms with Gasteiger partial charge in [0.05, 0.1) is 11.9 Å². The summed E-state index contributed by atoms with van der Waals surface area (Å²) in [7, 11) is -3.26. The summed E-state index contributed by atoms with van der Waals surface area (Å²) in [5.41, 5.74) is 3.44. The van der Waals surface area contributed by atoms with Crippen LogP contribution in [-0.2, 0) is 22.9 Å². The maximum atomic E-state index is 13.2. The summed E-state index contributed by atoms with van der Waals surface area (Å²) in [6, 6.07) is 7.26. The second kappa shape index (κ2) is 8.69. The van der Waals surface area contributed by atoms with E-state index in [0.29, 0.717) is 23.8 Å². The Morgan fingerprint density at radius 1 is 1.13 bits per heavy atom. The molecule has 162 valence electrons. The van der Waals surface area contributed by atoms with Crippen LogP contribution < -0.4 is 5.32 Å². The summed E-state index contributed by atoms with van der Waals surface area (Å²) in [6.07, 6.45) is 7.64. The summed E-state index contributed by atoms with van der Waals surface area (Å²) in [6.45, 7) is 0.816. The molecule has 2 aromatic rings. The van der Waals surface area contributed by atoms with Crippen molar-refractivity contribution in [3.05, 3.63) is 46.2 Å². The Labute approximate surface area is 182 Å². The molecule has 1 N–H and O–H groups in total. The van der Waals surface area contributed by atoms with Crippen LogP contribution in [0.15, 0.2) is 24.3 Å². The fraction of sp³-hybridized carbons (Fsp3) is 0.524. The number of nitrogens with one attached hydrogen (secondary N) is 1. The highest BCUT2D eigenvalue weighted by Crippen LogP contribution is 2.27. The van der Waals surface area contributed by atoms with Gasteiger partial charge in [-0.05, 0) is 62.8 Å². The molecule has 1 aliphatic heterocycles. The van der Waals surface area contributed by atoms with Crippen molar-refractivity contribution in [1.82, 2.24) is 19.4 Å². The van der Waals surface area contributed by atoms with E-state index in [2.05, 4.69) is 5.32 Å². The predicted octanol–water partition coefficient (Wildman–Crippen LogP) is 2.95. The number of hydrogen-bond donors (Lipinski definition) is 1. The quantitative estimate of drug-likeness (QED) is 0.726. The van der Waals surface area contributed by atoms with Crippen molar-refractivity contribution in [2.45, 2.75) is 51.0 Å². The maximum Gasteiger partial charge on any atom is 0.272 e. The first-order valence-corrected chi connectivity index (χ1v) is 12.7. The highest BCUT2D eigenvalue weighted by atomic mass is 35.5. The lowest BCUT2D eigenvalue weighted by atomic mass is 10.1. The molecule has 0 bridgehead atoms. The van der Waals surface area contributed by atoms with Crippen molar-refractivity contribution in [2.75, 3.05) is 19.3 Å². The lowest BCUT2D eigenvalue weighted by Gasteiger charge is -2.31. The van der Waals surface area contributed by atoms with Crippen molar-refractivity contribution < 1.29 is 13.2 Å². The van der Waals surface area contributed by atoms with Crippen molar-refractivity contribution >= 4 is 27.5 Å². The van der Waals surface area contributed by atoms with E-state index in [1.807, 2.05) is 28.9 Å². The molecule has 2 heterocycles. The van der Waals surface area contributed by atoms with Gasteiger partial charge in [0.25, 0.3) is 5.91 Å². The van der Waals surface area contributed by atoms with Gasteiger partial charge in [-0.25, -0.2) is 17.4 Å². The van der Waals surface area contributed by atoms with Gasteiger partial charge in [-0.15, -0.1) is 0 Å². The number of halogens is 1. The maximum absolute atomic E-state index is 13.2. The molecule has 1 saturated heterocycles. The minimum Gasteiger partial charge on any atom is -0.347 e. The molecule has 30 heavy (non-hydrogen) atoms. The third-order valence-corrected chi connectivity index (χ3v) is 7.43. The summed E-state index contributed by atoms with van der Waals surface area (Å²) in [4.78, 5) is 13.2. The van der Waals surface area contributed by atoms with Crippen molar-refractivity contribution in [1.29, 1.82) is 0 Å². The number of aromatic nitrogens is 2. The fourth-order valence-electron chi connectivity index (χ4n) is 4.37. The molecule has 1 aromatic carbocycles. The zero-order valence-corrected chi connectivity index (χ0v) is 18.7. The predicted molar refractivity (Wildman–Crippen MR) is 117 cm³/mol. The van der Waals surface area contributed by atoms with E-state index in [-0.39, 0.29) is 11.9 Å². The van der Waals surface area contributed by atoms with Crippen LogP contribution in [0.2, 0.25) is 5.02 Å². The molecule has 0 saturated carbocycles. The highest BCUT2D eigenvalue weighted by Gasteiger charge is 2.30. The summed E-state index contributed by atoms with van der Waals surface area (Å²) >= 11 is 6.04. The zero-order valence-electron chi connectivity index (χ0n) is 17.1. The van der Waals surface area contributed by atoms with E-state index >= 15 is 0 Å². The number of benzene rings is 1. The van der Waals surface area contributed by atoms with Gasteiger partial charge < -0.3 is 5.32 Å². The first kappa shape index (κ1) is 21.3. The Balaban J connectivity index is 1.62. The highest BCUT2D eigenvalue weighted by molar-refractivity contribution is 7.88. The monoisotopic (exact) mass is 450 g/mol. The number of carbonyl (C=O) groups excluding carboxylic acids is 1. The normalized spacial score (nSPS) is 20.4. The number of carbonyl (C=O) groups is 1. The van der Waals surface area contributed by atoms with Gasteiger partial charge in [0.15, 0.2) is 5.69 Å². The molecule has 7 nitrogen and oxygen atoms in total. The Hall–Kier alpha value is -1.90. The number of fused-ring (bicyclic) bond motifs is 1. The second-order valence-electron chi connectivity index (χ2n) is 8.16. The van der Waals surface area contributed by atoms with Crippen LogP contribution in [0.5, 0.6) is 0 Å². The Kier molecular flexibility index (Phi) is 6.18. The van der Waals surface area contributed by atoms with E-state index < -0.39 is 10.0 Å². The second-order valence-corrected chi connectivity index (χ2v) is 10.6. The fourth-order valence-corrected chi connectivity index (χ4v) is 5.41. The minimum absolute atomic E-state index is 0.205. The van der Waals surface area contributed by atoms with Gasteiger partial charge in [-0.3, -0.25) is 4.79 Å². The third-order valence-electron chi connectivity index (χ3n) is 5.90. The van der Waals surface area contributed by atoms with Crippen LogP contribution in [0.3, 0.4) is 0 Å². The standard InChI is InChI=1S/C21H27ClN4O3S/c1-30(28,29)25-13-5-6-16(14-25)23-21(27)20-18-7-3-2-4-8-19(18)26(24-20)17-11-9-15(22)10-12-17/h9-12,16H,2-8,13-14H2,1H3,(H,23,27).